The van der Waals surface area contributed by atoms with Gasteiger partial charge in [0.1, 0.15) is 12.9 Å². The van der Waals surface area contributed by atoms with Gasteiger partial charge in [0.05, 0.1) is 0 Å². The molecule has 2 rings (SSSR count). The zero-order valence-electron chi connectivity index (χ0n) is 9.91. The normalized spacial score (nSPS) is 24.2. The molecule has 96 valence electrons. The van der Waals surface area contributed by atoms with E-state index in [9.17, 15) is 4.79 Å². The minimum absolute atomic E-state index is 0. The molecule has 0 spiro atoms. The SMILES string of the molecule is CC1CN(C(=O)Cn2cnnn2)CC(C)N1.Cl. The Labute approximate surface area is 106 Å². The minimum Gasteiger partial charge on any atom is -0.338 e. The van der Waals surface area contributed by atoms with Crippen molar-refractivity contribution in [1.29, 1.82) is 0 Å². The lowest BCUT2D eigenvalue weighted by molar-refractivity contribution is -0.133. The highest BCUT2D eigenvalue weighted by atomic mass is 35.5. The highest BCUT2D eigenvalue weighted by Crippen LogP contribution is 2.04. The number of tetrazole rings is 1. The number of hydrogen-bond acceptors (Lipinski definition) is 5. The second-order valence-electron chi connectivity index (χ2n) is 4.27. The standard InChI is InChI=1S/C9H16N6O.ClH/c1-7-3-14(4-8(2)11-7)9(16)5-15-6-10-12-13-15;/h6-8,11H,3-5H2,1-2H3;1H. The molecule has 8 heteroatoms. The number of nitrogens with one attached hydrogen (secondary N) is 1. The van der Waals surface area contributed by atoms with Gasteiger partial charge < -0.3 is 10.2 Å². The summed E-state index contributed by atoms with van der Waals surface area (Å²) in [5, 5.41) is 14.1. The first-order valence-corrected chi connectivity index (χ1v) is 5.39. The molecule has 1 aliphatic rings. The molecule has 2 atom stereocenters. The monoisotopic (exact) mass is 260 g/mol. The summed E-state index contributed by atoms with van der Waals surface area (Å²) in [6.07, 6.45) is 1.45. The van der Waals surface area contributed by atoms with E-state index in [-0.39, 0.29) is 24.9 Å². The third-order valence-corrected chi connectivity index (χ3v) is 2.60. The number of carbonyl (C=O) groups excluding carboxylic acids is 1. The van der Waals surface area contributed by atoms with Crippen molar-refractivity contribution in [2.24, 2.45) is 0 Å². The summed E-state index contributed by atoms with van der Waals surface area (Å²) in [4.78, 5) is 13.8. The van der Waals surface area contributed by atoms with Crippen LogP contribution in [-0.4, -0.2) is 56.2 Å². The summed E-state index contributed by atoms with van der Waals surface area (Å²) < 4.78 is 1.44. The van der Waals surface area contributed by atoms with Gasteiger partial charge in [-0.05, 0) is 24.3 Å². The molecule has 0 aliphatic carbocycles. The molecule has 17 heavy (non-hydrogen) atoms. The van der Waals surface area contributed by atoms with Gasteiger partial charge in [-0.15, -0.1) is 17.5 Å². The van der Waals surface area contributed by atoms with Crippen LogP contribution >= 0.6 is 12.4 Å². The number of carbonyl (C=O) groups is 1. The molecule has 1 aromatic rings. The topological polar surface area (TPSA) is 75.9 Å². The third-order valence-electron chi connectivity index (χ3n) is 2.60. The van der Waals surface area contributed by atoms with Crippen LogP contribution in [0.4, 0.5) is 0 Å². The highest BCUT2D eigenvalue weighted by molar-refractivity contribution is 5.85. The van der Waals surface area contributed by atoms with Gasteiger partial charge in [0.15, 0.2) is 0 Å². The molecule has 0 radical (unpaired) electrons. The van der Waals surface area contributed by atoms with Crippen molar-refractivity contribution in [1.82, 2.24) is 30.4 Å². The number of rotatable bonds is 2. The molecule has 1 aromatic heterocycles. The van der Waals surface area contributed by atoms with Crippen molar-refractivity contribution in [3.63, 3.8) is 0 Å². The van der Waals surface area contributed by atoms with E-state index in [2.05, 4.69) is 34.7 Å². The van der Waals surface area contributed by atoms with Gasteiger partial charge in [-0.2, -0.15) is 0 Å². The number of piperazine rings is 1. The first kappa shape index (κ1) is 13.9. The van der Waals surface area contributed by atoms with E-state index < -0.39 is 0 Å². The van der Waals surface area contributed by atoms with Crippen LogP contribution in [0.15, 0.2) is 6.33 Å². The molecule has 1 aliphatic heterocycles. The Balaban J connectivity index is 0.00000144. The summed E-state index contributed by atoms with van der Waals surface area (Å²) in [5.74, 6) is 0.0625. The van der Waals surface area contributed by atoms with Crippen molar-refractivity contribution in [3.05, 3.63) is 6.33 Å². The van der Waals surface area contributed by atoms with Gasteiger partial charge in [-0.3, -0.25) is 4.79 Å². The Morgan fingerprint density at radius 3 is 2.59 bits per heavy atom. The molecule has 2 unspecified atom stereocenters. The Bertz CT molecular complexity index is 346. The molecule has 1 saturated heterocycles. The van der Waals surface area contributed by atoms with E-state index in [1.54, 1.807) is 0 Å². The fourth-order valence-corrected chi connectivity index (χ4v) is 2.02. The van der Waals surface area contributed by atoms with Crippen LogP contribution in [0.2, 0.25) is 0 Å². The molecule has 2 heterocycles. The maximum absolute atomic E-state index is 11.9. The summed E-state index contributed by atoms with van der Waals surface area (Å²) >= 11 is 0. The first-order chi connectivity index (χ1) is 7.65. The van der Waals surface area contributed by atoms with Crippen LogP contribution in [0.3, 0.4) is 0 Å². The molecular formula is C9H17ClN6O. The van der Waals surface area contributed by atoms with E-state index in [1.807, 2.05) is 4.90 Å². The maximum atomic E-state index is 11.9. The predicted octanol–water partition coefficient (Wildman–Crippen LogP) is -0.696. The number of aromatic nitrogens is 4. The Kier molecular flexibility index (Phi) is 4.83. The summed E-state index contributed by atoms with van der Waals surface area (Å²) in [6.45, 7) is 5.85. The van der Waals surface area contributed by atoms with Gasteiger partial charge in [-0.25, -0.2) is 4.68 Å². The molecule has 7 nitrogen and oxygen atoms in total. The largest absolute Gasteiger partial charge is 0.338 e. The van der Waals surface area contributed by atoms with Crippen LogP contribution in [0.1, 0.15) is 13.8 Å². The number of hydrogen-bond donors (Lipinski definition) is 1. The van der Waals surface area contributed by atoms with Gasteiger partial charge in [-0.1, -0.05) is 0 Å². The van der Waals surface area contributed by atoms with Crippen molar-refractivity contribution in [2.75, 3.05) is 13.1 Å². The number of halogens is 1. The smallest absolute Gasteiger partial charge is 0.244 e. The molecule has 0 bridgehead atoms. The van der Waals surface area contributed by atoms with Crippen molar-refractivity contribution in [2.45, 2.75) is 32.5 Å². The quantitative estimate of drug-likeness (QED) is 0.761. The second kappa shape index (κ2) is 5.92. The van der Waals surface area contributed by atoms with Crippen molar-refractivity contribution < 1.29 is 4.79 Å². The van der Waals surface area contributed by atoms with Crippen LogP contribution in [-0.2, 0) is 11.3 Å². The average Bonchev–Trinajstić information content (AvgIpc) is 2.68. The number of nitrogens with zero attached hydrogens (tertiary/aromatic N) is 5. The van der Waals surface area contributed by atoms with Gasteiger partial charge >= 0.3 is 0 Å². The van der Waals surface area contributed by atoms with Gasteiger partial charge in [0.2, 0.25) is 5.91 Å². The second-order valence-corrected chi connectivity index (χ2v) is 4.27. The molecule has 0 aromatic carbocycles. The Morgan fingerprint density at radius 2 is 2.06 bits per heavy atom. The zero-order valence-corrected chi connectivity index (χ0v) is 10.7. The molecule has 1 amide bonds. The van der Waals surface area contributed by atoms with Crippen LogP contribution in [0.5, 0.6) is 0 Å². The van der Waals surface area contributed by atoms with E-state index in [0.717, 1.165) is 13.1 Å². The van der Waals surface area contributed by atoms with Crippen LogP contribution in [0.25, 0.3) is 0 Å². The van der Waals surface area contributed by atoms with E-state index in [1.165, 1.54) is 11.0 Å². The average molecular weight is 261 g/mol. The fraction of sp³-hybridized carbons (Fsp3) is 0.778. The van der Waals surface area contributed by atoms with E-state index in [0.29, 0.717) is 12.1 Å². The van der Waals surface area contributed by atoms with Crippen LogP contribution < -0.4 is 5.32 Å². The number of amides is 1. The predicted molar refractivity (Wildman–Crippen MR) is 63.7 cm³/mol. The molecule has 1 N–H and O–H groups in total. The van der Waals surface area contributed by atoms with Crippen LogP contribution in [0, 0.1) is 0 Å². The van der Waals surface area contributed by atoms with Gasteiger partial charge in [0.25, 0.3) is 0 Å². The Hall–Kier alpha value is -1.21. The first-order valence-electron chi connectivity index (χ1n) is 5.39. The minimum atomic E-state index is 0. The summed E-state index contributed by atoms with van der Waals surface area (Å²) in [7, 11) is 0. The summed E-state index contributed by atoms with van der Waals surface area (Å²) in [6, 6.07) is 0.670. The summed E-state index contributed by atoms with van der Waals surface area (Å²) in [5.41, 5.74) is 0. The lowest BCUT2D eigenvalue weighted by Crippen LogP contribution is -2.56. The third kappa shape index (κ3) is 3.64. The van der Waals surface area contributed by atoms with E-state index >= 15 is 0 Å². The Morgan fingerprint density at radius 1 is 1.41 bits per heavy atom. The molecule has 1 fully saturated rings. The maximum Gasteiger partial charge on any atom is 0.244 e. The molecular weight excluding hydrogens is 244 g/mol. The lowest BCUT2D eigenvalue weighted by atomic mass is 10.1. The van der Waals surface area contributed by atoms with E-state index in [4.69, 9.17) is 0 Å². The lowest BCUT2D eigenvalue weighted by Gasteiger charge is -2.36. The van der Waals surface area contributed by atoms with Crippen molar-refractivity contribution >= 4 is 18.3 Å². The zero-order chi connectivity index (χ0) is 11.5. The van der Waals surface area contributed by atoms with Crippen molar-refractivity contribution in [3.8, 4) is 0 Å². The highest BCUT2D eigenvalue weighted by Gasteiger charge is 2.24. The molecule has 0 saturated carbocycles. The van der Waals surface area contributed by atoms with Gasteiger partial charge in [0, 0.05) is 25.2 Å². The fourth-order valence-electron chi connectivity index (χ4n) is 2.02.